The molecule has 0 spiro atoms. The van der Waals surface area contributed by atoms with Crippen LogP contribution in [0.3, 0.4) is 0 Å². The minimum absolute atomic E-state index is 0.0534. The average Bonchev–Trinajstić information content (AvgIpc) is 3.17. The molecule has 0 unspecified atom stereocenters. The minimum Gasteiger partial charge on any atom is -0.250 e. The molecule has 2 saturated carbocycles. The molecule has 4 aliphatic rings. The molecule has 6 atom stereocenters. The quantitative estimate of drug-likeness (QED) is 0.609. The van der Waals surface area contributed by atoms with E-state index in [4.69, 9.17) is 0 Å². The Labute approximate surface area is 127 Å². The molecule has 3 fully saturated rings. The Kier molecular flexibility index (Phi) is 2.04. The van der Waals surface area contributed by atoms with E-state index in [0.29, 0.717) is 0 Å². The summed E-state index contributed by atoms with van der Waals surface area (Å²) in [6.07, 6.45) is 6.35. The third-order valence-corrected chi connectivity index (χ3v) is 7.66. The van der Waals surface area contributed by atoms with Crippen molar-refractivity contribution in [1.29, 1.82) is 0 Å². The van der Waals surface area contributed by atoms with E-state index in [9.17, 15) is 0 Å². The van der Waals surface area contributed by atoms with Gasteiger partial charge in [-0.1, -0.05) is 56.3 Å². The van der Waals surface area contributed by atoms with Gasteiger partial charge < -0.3 is 0 Å². The van der Waals surface area contributed by atoms with Crippen molar-refractivity contribution >= 4 is 0 Å². The maximum Gasteiger partial charge on any atom is 0.0678 e. The van der Waals surface area contributed by atoms with Crippen LogP contribution in [0.25, 0.3) is 0 Å². The number of benzene rings is 1. The van der Waals surface area contributed by atoms with E-state index in [-0.39, 0.29) is 16.5 Å². The van der Waals surface area contributed by atoms with Gasteiger partial charge in [0.2, 0.25) is 0 Å². The second kappa shape index (κ2) is 3.44. The molecule has 5 rings (SSSR count). The van der Waals surface area contributed by atoms with E-state index >= 15 is 0 Å². The van der Waals surface area contributed by atoms with E-state index in [2.05, 4.69) is 74.1 Å². The number of fused-ring (bicyclic) bond motifs is 9. The largest absolute Gasteiger partial charge is 0.250 e. The summed E-state index contributed by atoms with van der Waals surface area (Å²) in [6.45, 7) is 7.37. The fraction of sp³-hybridized carbons (Fsp3) is 0.579. The topological polar surface area (TPSA) is 24.1 Å². The fourth-order valence-electron chi connectivity index (χ4n) is 6.48. The maximum absolute atomic E-state index is 3.79. The van der Waals surface area contributed by atoms with Crippen LogP contribution in [-0.4, -0.2) is 5.54 Å². The lowest BCUT2D eigenvalue weighted by Crippen LogP contribution is -2.59. The first-order valence-corrected chi connectivity index (χ1v) is 8.30. The third kappa shape index (κ3) is 1.07. The van der Waals surface area contributed by atoms with Gasteiger partial charge in [-0.3, -0.25) is 5.43 Å². The van der Waals surface area contributed by atoms with E-state index in [1.165, 1.54) is 12.0 Å². The zero-order chi connectivity index (χ0) is 14.5. The van der Waals surface area contributed by atoms with Gasteiger partial charge in [0, 0.05) is 11.0 Å². The summed E-state index contributed by atoms with van der Waals surface area (Å²) >= 11 is 0. The normalized spacial score (nSPS) is 51.6. The smallest absolute Gasteiger partial charge is 0.0678 e. The van der Waals surface area contributed by atoms with Gasteiger partial charge in [0.25, 0.3) is 0 Å². The average molecular weight is 280 g/mol. The number of hydrogen-bond acceptors (Lipinski definition) is 2. The monoisotopic (exact) mass is 280 g/mol. The summed E-state index contributed by atoms with van der Waals surface area (Å²) in [5.41, 5.74) is 9.39. The molecule has 0 amide bonds. The summed E-state index contributed by atoms with van der Waals surface area (Å²) in [5.74, 6) is 2.99. The molecule has 110 valence electrons. The highest BCUT2D eigenvalue weighted by molar-refractivity contribution is 5.43. The number of nitrogens with one attached hydrogen (secondary N) is 2. The van der Waals surface area contributed by atoms with Crippen LogP contribution in [0.2, 0.25) is 0 Å². The van der Waals surface area contributed by atoms with Gasteiger partial charge in [-0.25, -0.2) is 5.43 Å². The molecule has 21 heavy (non-hydrogen) atoms. The summed E-state index contributed by atoms with van der Waals surface area (Å²) in [5, 5.41) is 0. The zero-order valence-electron chi connectivity index (χ0n) is 13.1. The van der Waals surface area contributed by atoms with Crippen molar-refractivity contribution in [3.05, 3.63) is 48.0 Å². The highest BCUT2D eigenvalue weighted by Gasteiger charge is 2.79. The van der Waals surface area contributed by atoms with E-state index in [1.54, 1.807) is 0 Å². The SMILES string of the molecule is CC1(C)[C@]2(C)NN[C@@]1(c1ccccc1)[C@@H]1[C@H]2[C@H]2C=C[C@@H]1C2. The highest BCUT2D eigenvalue weighted by atomic mass is 15.5. The van der Waals surface area contributed by atoms with Gasteiger partial charge in [-0.2, -0.15) is 0 Å². The molecular weight excluding hydrogens is 256 g/mol. The summed E-state index contributed by atoms with van der Waals surface area (Å²) in [4.78, 5) is 0. The Hall–Kier alpha value is -1.12. The van der Waals surface area contributed by atoms with Crippen molar-refractivity contribution in [2.45, 2.75) is 38.3 Å². The van der Waals surface area contributed by atoms with Crippen LogP contribution in [0.5, 0.6) is 0 Å². The highest BCUT2D eigenvalue weighted by Crippen LogP contribution is 2.73. The van der Waals surface area contributed by atoms with Gasteiger partial charge in [-0.15, -0.1) is 0 Å². The van der Waals surface area contributed by atoms with Crippen LogP contribution < -0.4 is 10.9 Å². The molecule has 1 saturated heterocycles. The first-order valence-electron chi connectivity index (χ1n) is 8.30. The zero-order valence-corrected chi connectivity index (χ0v) is 13.1. The second-order valence-corrected chi connectivity index (χ2v) is 8.25. The Balaban J connectivity index is 1.79. The van der Waals surface area contributed by atoms with Gasteiger partial charge in [0.15, 0.2) is 0 Å². The predicted octanol–water partition coefficient (Wildman–Crippen LogP) is 3.23. The molecule has 2 heteroatoms. The minimum atomic E-state index is 0.0534. The van der Waals surface area contributed by atoms with Gasteiger partial charge in [-0.05, 0) is 42.6 Å². The first-order chi connectivity index (χ1) is 10.0. The lowest BCUT2D eigenvalue weighted by Gasteiger charge is -2.44. The maximum atomic E-state index is 3.79. The summed E-state index contributed by atoms with van der Waals surface area (Å²) in [7, 11) is 0. The Bertz CT molecular complexity index is 634. The van der Waals surface area contributed by atoms with Crippen molar-refractivity contribution in [3.63, 3.8) is 0 Å². The molecule has 4 bridgehead atoms. The van der Waals surface area contributed by atoms with E-state index < -0.39 is 0 Å². The van der Waals surface area contributed by atoms with E-state index in [1.807, 2.05) is 0 Å². The summed E-state index contributed by atoms with van der Waals surface area (Å²) < 4.78 is 0. The lowest BCUT2D eigenvalue weighted by atomic mass is 9.63. The van der Waals surface area contributed by atoms with Crippen molar-refractivity contribution in [1.82, 2.24) is 10.9 Å². The van der Waals surface area contributed by atoms with Crippen LogP contribution >= 0.6 is 0 Å². The number of hydrogen-bond donors (Lipinski definition) is 2. The van der Waals surface area contributed by atoms with Crippen LogP contribution in [0.15, 0.2) is 42.5 Å². The predicted molar refractivity (Wildman–Crippen MR) is 84.3 cm³/mol. The third-order valence-electron chi connectivity index (χ3n) is 7.66. The number of allylic oxidation sites excluding steroid dienone is 2. The molecule has 1 aromatic rings. The van der Waals surface area contributed by atoms with Crippen molar-refractivity contribution in [2.24, 2.45) is 29.1 Å². The standard InChI is InChI=1S/C19H24N2/c1-17(2)18(3)15-12-9-10-13(11-12)16(15)19(17,21-20-18)14-7-5-4-6-8-14/h4-10,12-13,15-16,20-21H,11H2,1-3H3/t12-,13+,15+,16-,18+,19-/m0/s1. The Morgan fingerprint density at radius 2 is 1.57 bits per heavy atom. The second-order valence-electron chi connectivity index (χ2n) is 8.25. The molecule has 3 aliphatic carbocycles. The van der Waals surface area contributed by atoms with Crippen molar-refractivity contribution in [3.8, 4) is 0 Å². The van der Waals surface area contributed by atoms with Gasteiger partial charge in [0.1, 0.15) is 0 Å². The molecule has 2 N–H and O–H groups in total. The van der Waals surface area contributed by atoms with Crippen LogP contribution in [0.4, 0.5) is 0 Å². The van der Waals surface area contributed by atoms with Gasteiger partial charge in [0.05, 0.1) is 5.54 Å². The van der Waals surface area contributed by atoms with Crippen LogP contribution in [0.1, 0.15) is 32.8 Å². The van der Waals surface area contributed by atoms with Crippen molar-refractivity contribution < 1.29 is 0 Å². The molecule has 1 aromatic carbocycles. The summed E-state index contributed by atoms with van der Waals surface area (Å²) in [6, 6.07) is 11.1. The molecule has 1 aliphatic heterocycles. The molecular formula is C19H24N2. The first kappa shape index (κ1) is 12.4. The molecule has 1 heterocycles. The Morgan fingerprint density at radius 3 is 2.29 bits per heavy atom. The van der Waals surface area contributed by atoms with E-state index in [0.717, 1.165) is 23.7 Å². The van der Waals surface area contributed by atoms with Crippen LogP contribution in [-0.2, 0) is 5.54 Å². The lowest BCUT2D eigenvalue weighted by molar-refractivity contribution is 0.106. The number of rotatable bonds is 1. The molecule has 0 aromatic heterocycles. The molecule has 2 nitrogen and oxygen atoms in total. The Morgan fingerprint density at radius 1 is 0.905 bits per heavy atom. The fourth-order valence-corrected chi connectivity index (χ4v) is 6.48. The molecule has 0 radical (unpaired) electrons. The number of hydrazine groups is 1. The van der Waals surface area contributed by atoms with Crippen LogP contribution in [0, 0.1) is 29.1 Å². The van der Waals surface area contributed by atoms with Crippen molar-refractivity contribution in [2.75, 3.05) is 0 Å². The van der Waals surface area contributed by atoms with Gasteiger partial charge >= 0.3 is 0 Å².